The lowest BCUT2D eigenvalue weighted by Gasteiger charge is -2.25. The third-order valence-electron chi connectivity index (χ3n) is 4.03. The second-order valence-corrected chi connectivity index (χ2v) is 5.61. The Kier molecular flexibility index (Phi) is 5.67. The number of amides is 1. The van der Waals surface area contributed by atoms with Crippen LogP contribution in [0, 0.1) is 17.6 Å². The average molecular weight is 296 g/mol. The largest absolute Gasteiger partial charge is 0.342 e. The molecule has 2 N–H and O–H groups in total. The van der Waals surface area contributed by atoms with E-state index in [4.69, 9.17) is 5.73 Å². The lowest BCUT2D eigenvalue weighted by Crippen LogP contribution is -2.40. The molecule has 1 aliphatic rings. The fourth-order valence-electron chi connectivity index (χ4n) is 2.79. The molecular formula is C16H22F2N2O. The standard InChI is InChI=1S/C16H22F2N2O/c17-14-5-6-15(18)12(10-14)9-13(11-19)16(21)20-7-3-1-2-4-8-20/h5-6,10,13H,1-4,7-9,11,19H2. The van der Waals surface area contributed by atoms with Gasteiger partial charge in [0.05, 0.1) is 5.92 Å². The molecule has 1 atom stereocenters. The number of nitrogens with zero attached hydrogens (tertiary/aromatic N) is 1. The van der Waals surface area contributed by atoms with Crippen molar-refractivity contribution in [3.05, 3.63) is 35.4 Å². The second kappa shape index (κ2) is 7.50. The fourth-order valence-corrected chi connectivity index (χ4v) is 2.79. The molecule has 1 unspecified atom stereocenters. The molecule has 0 spiro atoms. The molecule has 0 aromatic heterocycles. The zero-order valence-corrected chi connectivity index (χ0v) is 12.2. The van der Waals surface area contributed by atoms with Gasteiger partial charge in [-0.05, 0) is 43.0 Å². The van der Waals surface area contributed by atoms with E-state index < -0.39 is 17.6 Å². The van der Waals surface area contributed by atoms with Gasteiger partial charge in [0.25, 0.3) is 0 Å². The number of hydrogen-bond acceptors (Lipinski definition) is 2. The molecule has 0 bridgehead atoms. The molecular weight excluding hydrogens is 274 g/mol. The van der Waals surface area contributed by atoms with Crippen LogP contribution in [-0.2, 0) is 11.2 Å². The lowest BCUT2D eigenvalue weighted by atomic mass is 9.97. The Hall–Kier alpha value is -1.49. The smallest absolute Gasteiger partial charge is 0.227 e. The molecule has 116 valence electrons. The van der Waals surface area contributed by atoms with Gasteiger partial charge in [-0.15, -0.1) is 0 Å². The first-order valence-corrected chi connectivity index (χ1v) is 7.54. The Bertz CT molecular complexity index is 485. The lowest BCUT2D eigenvalue weighted by molar-refractivity contribution is -0.135. The molecule has 21 heavy (non-hydrogen) atoms. The van der Waals surface area contributed by atoms with Crippen molar-refractivity contribution in [2.75, 3.05) is 19.6 Å². The summed E-state index contributed by atoms with van der Waals surface area (Å²) >= 11 is 0. The molecule has 1 amide bonds. The molecule has 1 aromatic carbocycles. The fraction of sp³-hybridized carbons (Fsp3) is 0.562. The minimum Gasteiger partial charge on any atom is -0.342 e. The molecule has 0 aliphatic carbocycles. The number of halogens is 2. The van der Waals surface area contributed by atoms with Gasteiger partial charge in [0.2, 0.25) is 5.91 Å². The molecule has 1 aromatic rings. The van der Waals surface area contributed by atoms with Gasteiger partial charge in [-0.2, -0.15) is 0 Å². The first-order valence-electron chi connectivity index (χ1n) is 7.54. The van der Waals surface area contributed by atoms with Gasteiger partial charge in [0.1, 0.15) is 11.6 Å². The normalized spacial score (nSPS) is 17.4. The van der Waals surface area contributed by atoms with Crippen molar-refractivity contribution in [1.82, 2.24) is 4.90 Å². The summed E-state index contributed by atoms with van der Waals surface area (Å²) < 4.78 is 26.9. The summed E-state index contributed by atoms with van der Waals surface area (Å²) in [5.74, 6) is -1.51. The Morgan fingerprint density at radius 2 is 1.86 bits per heavy atom. The van der Waals surface area contributed by atoms with Crippen molar-refractivity contribution in [3.63, 3.8) is 0 Å². The van der Waals surface area contributed by atoms with Crippen LogP contribution in [0.4, 0.5) is 8.78 Å². The Labute approximate surface area is 124 Å². The maximum absolute atomic E-state index is 13.7. The third kappa shape index (κ3) is 4.24. The van der Waals surface area contributed by atoms with Crippen LogP contribution in [0.25, 0.3) is 0 Å². The molecule has 1 aliphatic heterocycles. The Morgan fingerprint density at radius 1 is 1.19 bits per heavy atom. The summed E-state index contributed by atoms with van der Waals surface area (Å²) in [6.07, 6.45) is 4.41. The van der Waals surface area contributed by atoms with Crippen molar-refractivity contribution in [3.8, 4) is 0 Å². The highest BCUT2D eigenvalue weighted by Gasteiger charge is 2.25. The van der Waals surface area contributed by atoms with E-state index in [9.17, 15) is 13.6 Å². The minimum atomic E-state index is -0.496. The summed E-state index contributed by atoms with van der Waals surface area (Å²) in [4.78, 5) is 14.3. The van der Waals surface area contributed by atoms with Gasteiger partial charge in [0.15, 0.2) is 0 Å². The molecule has 3 nitrogen and oxygen atoms in total. The number of rotatable bonds is 4. The van der Waals surface area contributed by atoms with E-state index >= 15 is 0 Å². The third-order valence-corrected chi connectivity index (χ3v) is 4.03. The zero-order chi connectivity index (χ0) is 15.2. The molecule has 0 radical (unpaired) electrons. The summed E-state index contributed by atoms with van der Waals surface area (Å²) in [7, 11) is 0. The van der Waals surface area contributed by atoms with Crippen LogP contribution in [0.1, 0.15) is 31.2 Å². The zero-order valence-electron chi connectivity index (χ0n) is 12.2. The quantitative estimate of drug-likeness (QED) is 0.928. The summed E-state index contributed by atoms with van der Waals surface area (Å²) in [6, 6.07) is 3.31. The first kappa shape index (κ1) is 15.9. The monoisotopic (exact) mass is 296 g/mol. The minimum absolute atomic E-state index is 0.0388. The molecule has 2 rings (SSSR count). The predicted molar refractivity (Wildman–Crippen MR) is 77.7 cm³/mol. The van der Waals surface area contributed by atoms with E-state index in [1.807, 2.05) is 4.90 Å². The molecule has 1 fully saturated rings. The van der Waals surface area contributed by atoms with Gasteiger partial charge in [0, 0.05) is 19.6 Å². The highest BCUT2D eigenvalue weighted by Crippen LogP contribution is 2.18. The number of likely N-dealkylation sites (tertiary alicyclic amines) is 1. The number of benzene rings is 1. The number of carbonyl (C=O) groups excluding carboxylic acids is 1. The highest BCUT2D eigenvalue weighted by atomic mass is 19.1. The van der Waals surface area contributed by atoms with Crippen LogP contribution < -0.4 is 5.73 Å². The van der Waals surface area contributed by atoms with Gasteiger partial charge in [-0.25, -0.2) is 8.78 Å². The van der Waals surface area contributed by atoms with E-state index in [-0.39, 0.29) is 24.4 Å². The van der Waals surface area contributed by atoms with E-state index in [1.165, 1.54) is 0 Å². The van der Waals surface area contributed by atoms with E-state index in [0.717, 1.165) is 57.0 Å². The molecule has 1 saturated heterocycles. The Balaban J connectivity index is 2.07. The van der Waals surface area contributed by atoms with Gasteiger partial charge >= 0.3 is 0 Å². The molecule has 5 heteroatoms. The molecule has 0 saturated carbocycles. The van der Waals surface area contributed by atoms with E-state index in [1.54, 1.807) is 0 Å². The SMILES string of the molecule is NCC(Cc1cc(F)ccc1F)C(=O)N1CCCCCC1. The van der Waals surface area contributed by atoms with Crippen LogP contribution in [-0.4, -0.2) is 30.4 Å². The van der Waals surface area contributed by atoms with E-state index in [0.29, 0.717) is 0 Å². The summed E-state index contributed by atoms with van der Waals surface area (Å²) in [5.41, 5.74) is 5.91. The van der Waals surface area contributed by atoms with Crippen LogP contribution in [0.3, 0.4) is 0 Å². The van der Waals surface area contributed by atoms with Crippen LogP contribution in [0.2, 0.25) is 0 Å². The summed E-state index contributed by atoms with van der Waals surface area (Å²) in [5, 5.41) is 0. The maximum atomic E-state index is 13.7. The topological polar surface area (TPSA) is 46.3 Å². The first-order chi connectivity index (χ1) is 10.1. The summed E-state index contributed by atoms with van der Waals surface area (Å²) in [6.45, 7) is 1.62. The van der Waals surface area contributed by atoms with Crippen molar-refractivity contribution in [2.45, 2.75) is 32.1 Å². The van der Waals surface area contributed by atoms with Crippen molar-refractivity contribution < 1.29 is 13.6 Å². The van der Waals surface area contributed by atoms with Crippen molar-refractivity contribution in [1.29, 1.82) is 0 Å². The van der Waals surface area contributed by atoms with Gasteiger partial charge in [-0.3, -0.25) is 4.79 Å². The average Bonchev–Trinajstić information content (AvgIpc) is 2.76. The van der Waals surface area contributed by atoms with Crippen molar-refractivity contribution >= 4 is 5.91 Å². The number of hydrogen-bond donors (Lipinski definition) is 1. The van der Waals surface area contributed by atoms with Crippen molar-refractivity contribution in [2.24, 2.45) is 11.7 Å². The second-order valence-electron chi connectivity index (χ2n) is 5.61. The van der Waals surface area contributed by atoms with Crippen LogP contribution >= 0.6 is 0 Å². The van der Waals surface area contributed by atoms with Crippen LogP contribution in [0.5, 0.6) is 0 Å². The molecule has 1 heterocycles. The van der Waals surface area contributed by atoms with E-state index in [2.05, 4.69) is 0 Å². The van der Waals surface area contributed by atoms with Gasteiger partial charge < -0.3 is 10.6 Å². The highest BCUT2D eigenvalue weighted by molar-refractivity contribution is 5.79. The number of nitrogens with two attached hydrogens (primary N) is 1. The Morgan fingerprint density at radius 3 is 2.48 bits per heavy atom. The predicted octanol–water partition coefficient (Wildman–Crippen LogP) is 2.48. The van der Waals surface area contributed by atoms with Crippen LogP contribution in [0.15, 0.2) is 18.2 Å². The maximum Gasteiger partial charge on any atom is 0.227 e. The van der Waals surface area contributed by atoms with Gasteiger partial charge in [-0.1, -0.05) is 12.8 Å². The number of carbonyl (C=O) groups is 1.